The number of benzene rings is 1. The van der Waals surface area contributed by atoms with Gasteiger partial charge < -0.3 is 24.6 Å². The van der Waals surface area contributed by atoms with E-state index in [0.29, 0.717) is 56.5 Å². The molecular weight excluding hydrogens is 456 g/mol. The van der Waals surface area contributed by atoms with Gasteiger partial charge in [-0.3, -0.25) is 0 Å². The maximum absolute atomic E-state index is 14.4. The zero-order valence-electron chi connectivity index (χ0n) is 18.1. The third kappa shape index (κ3) is 4.17. The molecule has 1 unspecified atom stereocenters. The van der Waals surface area contributed by atoms with E-state index in [1.54, 1.807) is 21.9 Å². The van der Waals surface area contributed by atoms with Crippen LogP contribution in [0.5, 0.6) is 5.75 Å². The molecule has 2 aromatic rings. The molecule has 1 aromatic heterocycles. The lowest BCUT2D eigenvalue weighted by Crippen LogP contribution is -2.46. The molecule has 1 N–H and O–H groups in total. The van der Waals surface area contributed by atoms with Crippen LogP contribution in [0.4, 0.5) is 19.4 Å². The summed E-state index contributed by atoms with van der Waals surface area (Å²) in [7, 11) is 0. The van der Waals surface area contributed by atoms with Crippen molar-refractivity contribution in [3.05, 3.63) is 45.9 Å². The van der Waals surface area contributed by atoms with Crippen molar-refractivity contribution in [3.8, 4) is 5.75 Å². The van der Waals surface area contributed by atoms with E-state index in [-0.39, 0.29) is 35.7 Å². The normalized spacial score (nSPS) is 20.0. The van der Waals surface area contributed by atoms with E-state index < -0.39 is 12.0 Å². The van der Waals surface area contributed by atoms with Crippen LogP contribution in [0.15, 0.2) is 18.2 Å². The molecule has 4 heterocycles. The topological polar surface area (TPSA) is 79.8 Å². The molecule has 5 rings (SSSR count). The third-order valence-corrected chi connectivity index (χ3v) is 6.40. The molecule has 8 nitrogen and oxygen atoms in total. The number of ether oxygens (including phenoxy) is 2. The Morgan fingerprint density at radius 1 is 1.18 bits per heavy atom. The highest BCUT2D eigenvalue weighted by Crippen LogP contribution is 2.45. The molecule has 33 heavy (non-hydrogen) atoms. The summed E-state index contributed by atoms with van der Waals surface area (Å²) < 4.78 is 39.7. The van der Waals surface area contributed by atoms with E-state index in [2.05, 4.69) is 15.3 Å². The Bertz CT molecular complexity index is 1080. The van der Waals surface area contributed by atoms with Crippen molar-refractivity contribution >= 4 is 23.4 Å². The van der Waals surface area contributed by atoms with Gasteiger partial charge in [0.2, 0.25) is 5.28 Å². The average molecular weight is 480 g/mol. The zero-order chi connectivity index (χ0) is 23.2. The van der Waals surface area contributed by atoms with E-state index in [1.807, 2.05) is 6.92 Å². The lowest BCUT2D eigenvalue weighted by atomic mass is 9.96. The van der Waals surface area contributed by atoms with Gasteiger partial charge in [0.25, 0.3) is 5.92 Å². The number of hydrogen-bond donors (Lipinski definition) is 1. The first-order valence-electron chi connectivity index (χ1n) is 10.9. The summed E-state index contributed by atoms with van der Waals surface area (Å²) in [5, 5.41) is 3.34. The quantitative estimate of drug-likeness (QED) is 0.672. The summed E-state index contributed by atoms with van der Waals surface area (Å²) in [6.07, 6.45) is -0.340. The summed E-state index contributed by atoms with van der Waals surface area (Å²) >= 11 is 6.17. The van der Waals surface area contributed by atoms with E-state index in [1.165, 1.54) is 6.07 Å². The number of rotatable bonds is 3. The van der Waals surface area contributed by atoms with E-state index in [0.717, 1.165) is 5.56 Å². The van der Waals surface area contributed by atoms with Crippen molar-refractivity contribution in [2.45, 2.75) is 38.4 Å². The van der Waals surface area contributed by atoms with Gasteiger partial charge in [-0.2, -0.15) is 0 Å². The van der Waals surface area contributed by atoms with Crippen LogP contribution in [0, 0.1) is 0 Å². The summed E-state index contributed by atoms with van der Waals surface area (Å²) in [6.45, 7) is 4.59. The van der Waals surface area contributed by atoms with Gasteiger partial charge in [-0.25, -0.2) is 23.5 Å². The van der Waals surface area contributed by atoms with Crippen LogP contribution in [-0.4, -0.2) is 58.7 Å². The number of para-hydroxylation sites is 1. The summed E-state index contributed by atoms with van der Waals surface area (Å²) in [6, 6.07) is 4.29. The number of hydrogen-bond acceptors (Lipinski definition) is 6. The molecule has 0 aliphatic carbocycles. The van der Waals surface area contributed by atoms with Crippen molar-refractivity contribution in [1.29, 1.82) is 0 Å². The zero-order valence-corrected chi connectivity index (χ0v) is 18.9. The third-order valence-electron chi connectivity index (χ3n) is 6.23. The first-order valence-corrected chi connectivity index (χ1v) is 11.3. The summed E-state index contributed by atoms with van der Waals surface area (Å²) in [4.78, 5) is 25.0. The molecule has 0 saturated carbocycles. The van der Waals surface area contributed by atoms with Crippen LogP contribution in [0.2, 0.25) is 5.28 Å². The van der Waals surface area contributed by atoms with Gasteiger partial charge in [-0.1, -0.05) is 12.1 Å². The van der Waals surface area contributed by atoms with Crippen molar-refractivity contribution in [2.75, 3.05) is 38.2 Å². The molecular formula is C22H24ClF2N5O3. The van der Waals surface area contributed by atoms with Crippen molar-refractivity contribution in [1.82, 2.24) is 19.8 Å². The number of anilines is 1. The highest BCUT2D eigenvalue weighted by Gasteiger charge is 2.39. The molecule has 0 spiro atoms. The number of aromatic nitrogens is 2. The average Bonchev–Trinajstić information content (AvgIpc) is 3.23. The van der Waals surface area contributed by atoms with Gasteiger partial charge in [0, 0.05) is 24.2 Å². The summed E-state index contributed by atoms with van der Waals surface area (Å²) in [5.74, 6) is -2.24. The Hall–Kier alpha value is -2.72. The van der Waals surface area contributed by atoms with Gasteiger partial charge >= 0.3 is 6.03 Å². The van der Waals surface area contributed by atoms with Crippen LogP contribution < -0.4 is 10.1 Å². The second-order valence-corrected chi connectivity index (χ2v) is 8.74. The minimum Gasteiger partial charge on any atom is -0.492 e. The molecule has 176 valence electrons. The molecule has 0 radical (unpaired) electrons. The first-order chi connectivity index (χ1) is 15.8. The number of morpholine rings is 1. The molecule has 3 aliphatic rings. The maximum atomic E-state index is 14.4. The molecule has 1 aromatic carbocycles. The van der Waals surface area contributed by atoms with Crippen LogP contribution >= 0.6 is 11.6 Å². The highest BCUT2D eigenvalue weighted by atomic mass is 35.5. The lowest BCUT2D eigenvalue weighted by Gasteiger charge is -2.30. The van der Waals surface area contributed by atoms with Crippen LogP contribution in [-0.2, 0) is 23.7 Å². The van der Waals surface area contributed by atoms with Gasteiger partial charge in [-0.15, -0.1) is 0 Å². The number of halogens is 3. The Balaban J connectivity index is 1.39. The van der Waals surface area contributed by atoms with Gasteiger partial charge in [0.15, 0.2) is 0 Å². The molecule has 1 fully saturated rings. The number of amides is 2. The lowest BCUT2D eigenvalue weighted by molar-refractivity contribution is -0.0408. The fourth-order valence-corrected chi connectivity index (χ4v) is 4.66. The monoisotopic (exact) mass is 479 g/mol. The molecule has 3 aliphatic heterocycles. The minimum atomic E-state index is -2.93. The number of carbonyl (C=O) groups excluding carboxylic acids is 1. The number of fused-ring (bicyclic) bond motifs is 2. The molecule has 1 saturated heterocycles. The van der Waals surface area contributed by atoms with Crippen molar-refractivity contribution in [3.63, 3.8) is 0 Å². The summed E-state index contributed by atoms with van der Waals surface area (Å²) in [5.41, 5.74) is 1.94. The van der Waals surface area contributed by atoms with Crippen molar-refractivity contribution in [2.24, 2.45) is 0 Å². The largest absolute Gasteiger partial charge is 0.492 e. The number of urea groups is 1. The second-order valence-electron chi connectivity index (χ2n) is 8.40. The number of nitrogens with one attached hydrogen (secondary N) is 1. The minimum absolute atomic E-state index is 0.0446. The Kier molecular flexibility index (Phi) is 5.74. The van der Waals surface area contributed by atoms with E-state index in [4.69, 9.17) is 21.1 Å². The standard InChI is InChI=1S/C22H24ClF2N5O3/c1-13(14-3-2-4-16-18(14)33-8-5-22(16,24)25)26-19-15-11-30(12-17(15)27-20(23)28-19)21(31)29-6-9-32-10-7-29/h2-4,13H,5-12H2,1H3,(H,26,27,28). The molecule has 1 atom stereocenters. The van der Waals surface area contributed by atoms with Gasteiger partial charge in [0.1, 0.15) is 11.6 Å². The van der Waals surface area contributed by atoms with Crippen molar-refractivity contribution < 1.29 is 23.0 Å². The SMILES string of the molecule is CC(Nc1nc(Cl)nc2c1CN(C(=O)N1CCOCC1)C2)c1cccc2c1OCCC2(F)F. The Morgan fingerprint density at radius 3 is 2.76 bits per heavy atom. The molecule has 11 heteroatoms. The predicted octanol–water partition coefficient (Wildman–Crippen LogP) is 3.95. The Labute approximate surface area is 194 Å². The maximum Gasteiger partial charge on any atom is 0.320 e. The first kappa shape index (κ1) is 22.1. The van der Waals surface area contributed by atoms with Crippen LogP contribution in [0.3, 0.4) is 0 Å². The smallest absolute Gasteiger partial charge is 0.320 e. The number of carbonyl (C=O) groups is 1. The molecule has 2 amide bonds. The predicted molar refractivity (Wildman–Crippen MR) is 117 cm³/mol. The number of nitrogens with zero attached hydrogens (tertiary/aromatic N) is 4. The van der Waals surface area contributed by atoms with Crippen LogP contribution in [0.1, 0.15) is 41.8 Å². The van der Waals surface area contributed by atoms with E-state index >= 15 is 0 Å². The van der Waals surface area contributed by atoms with E-state index in [9.17, 15) is 13.6 Å². The van der Waals surface area contributed by atoms with Gasteiger partial charge in [-0.05, 0) is 24.6 Å². The van der Waals surface area contributed by atoms with Gasteiger partial charge in [0.05, 0.1) is 56.6 Å². The fraction of sp³-hybridized carbons (Fsp3) is 0.500. The number of alkyl halides is 2. The highest BCUT2D eigenvalue weighted by molar-refractivity contribution is 6.28. The fourth-order valence-electron chi connectivity index (χ4n) is 4.48. The molecule has 0 bridgehead atoms. The second kappa shape index (κ2) is 8.57. The van der Waals surface area contributed by atoms with Crippen LogP contribution in [0.25, 0.3) is 0 Å². The Morgan fingerprint density at radius 2 is 1.97 bits per heavy atom.